The molecule has 2 aromatic rings. The van der Waals surface area contributed by atoms with Crippen molar-refractivity contribution in [2.45, 2.75) is 29.7 Å². The third-order valence-electron chi connectivity index (χ3n) is 3.94. The summed E-state index contributed by atoms with van der Waals surface area (Å²) in [6.07, 6.45) is 4.11. The van der Waals surface area contributed by atoms with E-state index in [-0.39, 0.29) is 6.04 Å². The minimum Gasteiger partial charge on any atom is -0.271 e. The van der Waals surface area contributed by atoms with Crippen LogP contribution >= 0.6 is 27.7 Å². The zero-order valence-electron chi connectivity index (χ0n) is 11.6. The average Bonchev–Trinajstić information content (AvgIpc) is 2.94. The van der Waals surface area contributed by atoms with Crippen LogP contribution in [0.5, 0.6) is 0 Å². The average molecular weight is 364 g/mol. The molecule has 0 radical (unpaired) electrons. The molecule has 0 aliphatic heterocycles. The number of pyridine rings is 1. The number of hydrogen-bond acceptors (Lipinski definition) is 4. The summed E-state index contributed by atoms with van der Waals surface area (Å²) in [6, 6.07) is 12.8. The number of aromatic nitrogens is 1. The van der Waals surface area contributed by atoms with Crippen LogP contribution in [0.1, 0.15) is 23.6 Å². The SMILES string of the molecule is NNC(CSc1ccc(Br)cc1)C1CCc2cccnc21. The van der Waals surface area contributed by atoms with Crippen molar-refractivity contribution in [2.24, 2.45) is 5.84 Å². The van der Waals surface area contributed by atoms with Gasteiger partial charge >= 0.3 is 0 Å². The molecule has 0 saturated carbocycles. The molecule has 5 heteroatoms. The van der Waals surface area contributed by atoms with Crippen molar-refractivity contribution in [2.75, 3.05) is 5.75 Å². The smallest absolute Gasteiger partial charge is 0.0482 e. The highest BCUT2D eigenvalue weighted by Gasteiger charge is 2.30. The van der Waals surface area contributed by atoms with Gasteiger partial charge in [-0.3, -0.25) is 16.3 Å². The minimum atomic E-state index is 0.245. The van der Waals surface area contributed by atoms with Crippen molar-refractivity contribution in [3.8, 4) is 0 Å². The highest BCUT2D eigenvalue weighted by atomic mass is 79.9. The molecule has 0 bridgehead atoms. The highest BCUT2D eigenvalue weighted by Crippen LogP contribution is 2.35. The first-order valence-electron chi connectivity index (χ1n) is 7.06. The van der Waals surface area contributed by atoms with E-state index in [1.54, 1.807) is 0 Å². The summed E-state index contributed by atoms with van der Waals surface area (Å²) in [5.74, 6) is 7.15. The van der Waals surface area contributed by atoms with Crippen molar-refractivity contribution < 1.29 is 0 Å². The Morgan fingerprint density at radius 2 is 2.14 bits per heavy atom. The molecule has 3 rings (SSSR count). The lowest BCUT2D eigenvalue weighted by atomic mass is 9.99. The molecule has 1 aromatic heterocycles. The standard InChI is InChI=1S/C16H18BrN3S/c17-12-4-6-13(7-5-12)21-10-15(20-18)14-8-3-11-2-1-9-19-16(11)14/h1-2,4-7,9,14-15,20H,3,8,10,18H2. The van der Waals surface area contributed by atoms with Gasteiger partial charge in [-0.1, -0.05) is 22.0 Å². The van der Waals surface area contributed by atoms with E-state index >= 15 is 0 Å². The Kier molecular flexibility index (Phi) is 4.95. The second-order valence-electron chi connectivity index (χ2n) is 5.23. The van der Waals surface area contributed by atoms with E-state index in [0.29, 0.717) is 5.92 Å². The van der Waals surface area contributed by atoms with Crippen LogP contribution in [0.15, 0.2) is 52.0 Å². The van der Waals surface area contributed by atoms with Gasteiger partial charge in [-0.2, -0.15) is 0 Å². The van der Waals surface area contributed by atoms with Crippen molar-refractivity contribution in [3.63, 3.8) is 0 Å². The predicted molar refractivity (Wildman–Crippen MR) is 91.3 cm³/mol. The van der Waals surface area contributed by atoms with Gasteiger partial charge in [-0.25, -0.2) is 0 Å². The van der Waals surface area contributed by atoms with E-state index in [4.69, 9.17) is 5.84 Å². The fourth-order valence-corrected chi connectivity index (χ4v) is 4.13. The van der Waals surface area contributed by atoms with Gasteiger partial charge in [0.15, 0.2) is 0 Å². The van der Waals surface area contributed by atoms with E-state index in [0.717, 1.165) is 23.1 Å². The molecule has 0 fully saturated rings. The molecule has 21 heavy (non-hydrogen) atoms. The Hall–Kier alpha value is -0.880. The zero-order valence-corrected chi connectivity index (χ0v) is 14.0. The van der Waals surface area contributed by atoms with Gasteiger partial charge in [0.25, 0.3) is 0 Å². The molecular weight excluding hydrogens is 346 g/mol. The Morgan fingerprint density at radius 1 is 1.33 bits per heavy atom. The number of hydrogen-bond donors (Lipinski definition) is 2. The lowest BCUT2D eigenvalue weighted by Gasteiger charge is -2.22. The van der Waals surface area contributed by atoms with Crippen molar-refractivity contribution in [3.05, 3.63) is 58.3 Å². The maximum atomic E-state index is 5.80. The molecule has 110 valence electrons. The van der Waals surface area contributed by atoms with Crippen LogP contribution in [0.4, 0.5) is 0 Å². The number of nitrogens with two attached hydrogens (primary N) is 1. The predicted octanol–water partition coefficient (Wildman–Crippen LogP) is 3.50. The molecule has 2 unspecified atom stereocenters. The fourth-order valence-electron chi connectivity index (χ4n) is 2.83. The van der Waals surface area contributed by atoms with E-state index in [1.165, 1.54) is 16.2 Å². The number of rotatable bonds is 5. The normalized spacial score (nSPS) is 18.5. The van der Waals surface area contributed by atoms with Crippen LogP contribution in [0, 0.1) is 0 Å². The van der Waals surface area contributed by atoms with Crippen LogP contribution in [0.25, 0.3) is 0 Å². The van der Waals surface area contributed by atoms with Gasteiger partial charge in [0.2, 0.25) is 0 Å². The van der Waals surface area contributed by atoms with Gasteiger partial charge in [0, 0.05) is 39.0 Å². The van der Waals surface area contributed by atoms with E-state index < -0.39 is 0 Å². The van der Waals surface area contributed by atoms with Crippen LogP contribution in [0.2, 0.25) is 0 Å². The zero-order chi connectivity index (χ0) is 14.7. The van der Waals surface area contributed by atoms with E-state index in [9.17, 15) is 0 Å². The molecule has 0 spiro atoms. The van der Waals surface area contributed by atoms with Gasteiger partial charge in [0.1, 0.15) is 0 Å². The Morgan fingerprint density at radius 3 is 2.90 bits per heavy atom. The van der Waals surface area contributed by atoms with Crippen LogP contribution in [-0.2, 0) is 6.42 Å². The van der Waals surface area contributed by atoms with Crippen molar-refractivity contribution in [1.29, 1.82) is 0 Å². The number of fused-ring (bicyclic) bond motifs is 1. The van der Waals surface area contributed by atoms with Gasteiger partial charge in [0.05, 0.1) is 0 Å². The topological polar surface area (TPSA) is 50.9 Å². The molecule has 0 amide bonds. The molecule has 1 aliphatic rings. The second kappa shape index (κ2) is 6.92. The quantitative estimate of drug-likeness (QED) is 0.484. The number of benzene rings is 1. The summed E-state index contributed by atoms with van der Waals surface area (Å²) in [6.45, 7) is 0. The number of thioether (sulfide) groups is 1. The van der Waals surface area contributed by atoms with Crippen LogP contribution < -0.4 is 11.3 Å². The number of halogens is 1. The fraction of sp³-hybridized carbons (Fsp3) is 0.312. The van der Waals surface area contributed by atoms with Crippen LogP contribution in [-0.4, -0.2) is 16.8 Å². The van der Waals surface area contributed by atoms with Gasteiger partial charge in [-0.15, -0.1) is 11.8 Å². The molecule has 1 aromatic carbocycles. The number of nitrogens with zero attached hydrogens (tertiary/aromatic N) is 1. The Balaban J connectivity index is 1.67. The van der Waals surface area contributed by atoms with E-state index in [1.807, 2.05) is 24.0 Å². The largest absolute Gasteiger partial charge is 0.271 e. The highest BCUT2D eigenvalue weighted by molar-refractivity contribution is 9.10. The maximum absolute atomic E-state index is 5.80. The summed E-state index contributed by atoms with van der Waals surface area (Å²) in [7, 11) is 0. The second-order valence-corrected chi connectivity index (χ2v) is 7.24. The lowest BCUT2D eigenvalue weighted by Crippen LogP contribution is -2.41. The number of hydrazine groups is 1. The lowest BCUT2D eigenvalue weighted by molar-refractivity contribution is 0.468. The van der Waals surface area contributed by atoms with Crippen molar-refractivity contribution in [1.82, 2.24) is 10.4 Å². The first-order chi connectivity index (χ1) is 10.3. The van der Waals surface area contributed by atoms with Gasteiger partial charge < -0.3 is 0 Å². The summed E-state index contributed by atoms with van der Waals surface area (Å²) >= 11 is 5.29. The summed E-state index contributed by atoms with van der Waals surface area (Å²) in [5, 5.41) is 0. The molecule has 3 nitrogen and oxygen atoms in total. The minimum absolute atomic E-state index is 0.245. The first kappa shape index (κ1) is 15.0. The molecular formula is C16H18BrN3S. The first-order valence-corrected chi connectivity index (χ1v) is 8.84. The molecule has 0 saturated heterocycles. The van der Waals surface area contributed by atoms with Crippen LogP contribution in [0.3, 0.4) is 0 Å². The Labute approximate surface area is 137 Å². The monoisotopic (exact) mass is 363 g/mol. The van der Waals surface area contributed by atoms with Crippen molar-refractivity contribution >= 4 is 27.7 Å². The third kappa shape index (κ3) is 3.48. The number of aryl methyl sites for hydroxylation is 1. The van der Waals surface area contributed by atoms with E-state index in [2.05, 4.69) is 56.7 Å². The molecule has 2 atom stereocenters. The maximum Gasteiger partial charge on any atom is 0.0482 e. The molecule has 3 N–H and O–H groups in total. The summed E-state index contributed by atoms with van der Waals surface area (Å²) in [5.41, 5.74) is 5.59. The molecule has 1 heterocycles. The molecule has 1 aliphatic carbocycles. The number of nitrogens with one attached hydrogen (secondary N) is 1. The third-order valence-corrected chi connectivity index (χ3v) is 5.60. The van der Waals surface area contributed by atoms with Gasteiger partial charge in [-0.05, 0) is 48.7 Å². The summed E-state index contributed by atoms with van der Waals surface area (Å²) < 4.78 is 1.11. The summed E-state index contributed by atoms with van der Waals surface area (Å²) in [4.78, 5) is 5.83. The Bertz CT molecular complexity index is 603.